The molecule has 1 nitrogen and oxygen atoms in total. The first-order valence-electron chi connectivity index (χ1n) is 4.35. The Kier molecular flexibility index (Phi) is 4.10. The van der Waals surface area contributed by atoms with Gasteiger partial charge in [0.05, 0.1) is 0 Å². The first kappa shape index (κ1) is 10.1. The third-order valence-corrected chi connectivity index (χ3v) is 1.56. The summed E-state index contributed by atoms with van der Waals surface area (Å²) in [5.74, 6) is 7.27. The van der Waals surface area contributed by atoms with Crippen molar-refractivity contribution in [2.45, 2.75) is 6.42 Å². The molecule has 1 aliphatic carbocycles. The molecule has 0 heterocycles. The number of rotatable bonds is 4. The molecule has 0 saturated carbocycles. The number of allylic oxidation sites excluding steroid dienone is 6. The van der Waals surface area contributed by atoms with E-state index in [0.717, 1.165) is 5.76 Å². The van der Waals surface area contributed by atoms with Crippen LogP contribution in [0, 0.1) is 11.8 Å². The van der Waals surface area contributed by atoms with Crippen LogP contribution in [0.1, 0.15) is 6.42 Å². The molecule has 0 fully saturated rings. The average molecular weight is 184 g/mol. The third-order valence-electron chi connectivity index (χ3n) is 1.56. The maximum absolute atomic E-state index is 5.53. The van der Waals surface area contributed by atoms with Crippen LogP contribution in [0.3, 0.4) is 0 Å². The molecule has 1 rings (SSSR count). The topological polar surface area (TPSA) is 9.23 Å². The molecule has 0 saturated heterocycles. The zero-order chi connectivity index (χ0) is 10.2. The summed E-state index contributed by atoms with van der Waals surface area (Å²) in [6, 6.07) is 0. The fourth-order valence-corrected chi connectivity index (χ4v) is 0.933. The van der Waals surface area contributed by atoms with Gasteiger partial charge in [-0.25, -0.2) is 0 Å². The third kappa shape index (κ3) is 3.20. The molecule has 0 aromatic heterocycles. The van der Waals surface area contributed by atoms with Gasteiger partial charge in [-0.1, -0.05) is 31.1 Å². The van der Waals surface area contributed by atoms with Crippen LogP contribution in [0.15, 0.2) is 61.1 Å². The summed E-state index contributed by atoms with van der Waals surface area (Å²) in [5, 5.41) is 0. The second-order valence-corrected chi connectivity index (χ2v) is 2.58. The Morgan fingerprint density at radius 1 is 1.50 bits per heavy atom. The molecule has 70 valence electrons. The summed E-state index contributed by atoms with van der Waals surface area (Å²) < 4.78 is 5.53. The van der Waals surface area contributed by atoms with Crippen LogP contribution in [-0.2, 0) is 4.74 Å². The quantitative estimate of drug-likeness (QED) is 0.370. The monoisotopic (exact) mass is 184 g/mol. The first-order chi connectivity index (χ1) is 6.86. The Labute approximate surface area is 84.8 Å². The van der Waals surface area contributed by atoms with E-state index in [-0.39, 0.29) is 0 Å². The van der Waals surface area contributed by atoms with Crippen molar-refractivity contribution >= 4 is 0 Å². The first-order valence-corrected chi connectivity index (χ1v) is 4.35. The minimum absolute atomic E-state index is 0.679. The Bertz CT molecular complexity index is 370. The van der Waals surface area contributed by atoms with Crippen molar-refractivity contribution in [2.75, 3.05) is 0 Å². The molecule has 0 atom stereocenters. The molecule has 0 bridgehead atoms. The zero-order valence-electron chi connectivity index (χ0n) is 7.99. The molecule has 1 aliphatic rings. The van der Waals surface area contributed by atoms with Gasteiger partial charge in [0.1, 0.15) is 11.5 Å². The van der Waals surface area contributed by atoms with Crippen molar-refractivity contribution in [3.63, 3.8) is 0 Å². The van der Waals surface area contributed by atoms with E-state index < -0.39 is 0 Å². The van der Waals surface area contributed by atoms with Crippen molar-refractivity contribution in [1.82, 2.24) is 0 Å². The highest BCUT2D eigenvalue weighted by molar-refractivity contribution is 5.30. The van der Waals surface area contributed by atoms with Gasteiger partial charge in [0, 0.05) is 6.42 Å². The van der Waals surface area contributed by atoms with E-state index in [1.54, 1.807) is 24.3 Å². The van der Waals surface area contributed by atoms with Crippen LogP contribution in [0.4, 0.5) is 0 Å². The number of hydrogen-bond acceptors (Lipinski definition) is 1. The molecule has 0 spiro atoms. The van der Waals surface area contributed by atoms with Crippen molar-refractivity contribution in [2.24, 2.45) is 0 Å². The van der Waals surface area contributed by atoms with Gasteiger partial charge in [0.25, 0.3) is 0 Å². The lowest BCUT2D eigenvalue weighted by Gasteiger charge is -2.05. The van der Waals surface area contributed by atoms with Crippen LogP contribution >= 0.6 is 0 Å². The molecule has 0 N–H and O–H groups in total. The number of ether oxygens (including phenoxy) is 1. The van der Waals surface area contributed by atoms with Crippen molar-refractivity contribution < 1.29 is 4.74 Å². The van der Waals surface area contributed by atoms with E-state index in [1.165, 1.54) is 0 Å². The Morgan fingerprint density at radius 3 is 3.07 bits per heavy atom. The highest BCUT2D eigenvalue weighted by atomic mass is 16.5. The van der Waals surface area contributed by atoms with E-state index in [9.17, 15) is 0 Å². The summed E-state index contributed by atoms with van der Waals surface area (Å²) in [6.07, 6.45) is 11.3. The van der Waals surface area contributed by atoms with Crippen LogP contribution in [0.2, 0.25) is 0 Å². The van der Waals surface area contributed by atoms with Crippen LogP contribution < -0.4 is 0 Å². The van der Waals surface area contributed by atoms with Crippen LogP contribution in [0.25, 0.3) is 0 Å². The molecule has 0 aromatic carbocycles. The summed E-state index contributed by atoms with van der Waals surface area (Å²) >= 11 is 0. The minimum Gasteiger partial charge on any atom is -0.458 e. The lowest BCUT2D eigenvalue weighted by Crippen LogP contribution is -1.87. The molecule has 0 unspecified atom stereocenters. The largest absolute Gasteiger partial charge is 0.458 e. The second-order valence-electron chi connectivity index (χ2n) is 2.58. The maximum Gasteiger partial charge on any atom is 0.126 e. The molecule has 0 amide bonds. The average Bonchev–Trinajstić information content (AvgIpc) is 2.45. The maximum atomic E-state index is 5.53. The summed E-state index contributed by atoms with van der Waals surface area (Å²) in [4.78, 5) is 0. The van der Waals surface area contributed by atoms with E-state index in [4.69, 9.17) is 4.74 Å². The number of hydrogen-bond donors (Lipinski definition) is 0. The fraction of sp³-hybridized carbons (Fsp3) is 0.0769. The second kappa shape index (κ2) is 5.66. The van der Waals surface area contributed by atoms with E-state index in [0.29, 0.717) is 12.2 Å². The van der Waals surface area contributed by atoms with E-state index >= 15 is 0 Å². The SMILES string of the molecule is C=C/C=C(\C=C)OC1=CCC#CC=C1. The van der Waals surface area contributed by atoms with Gasteiger partial charge in [0.2, 0.25) is 0 Å². The van der Waals surface area contributed by atoms with Crippen molar-refractivity contribution in [3.8, 4) is 11.8 Å². The smallest absolute Gasteiger partial charge is 0.126 e. The highest BCUT2D eigenvalue weighted by Gasteiger charge is 1.96. The van der Waals surface area contributed by atoms with Crippen molar-refractivity contribution in [1.29, 1.82) is 0 Å². The molecular weight excluding hydrogens is 172 g/mol. The van der Waals surface area contributed by atoms with Gasteiger partial charge in [-0.2, -0.15) is 0 Å². The summed E-state index contributed by atoms with van der Waals surface area (Å²) in [7, 11) is 0. The van der Waals surface area contributed by atoms with Crippen molar-refractivity contribution in [3.05, 3.63) is 61.1 Å². The normalized spacial score (nSPS) is 14.6. The zero-order valence-corrected chi connectivity index (χ0v) is 7.99. The van der Waals surface area contributed by atoms with Gasteiger partial charge < -0.3 is 4.74 Å². The minimum atomic E-state index is 0.679. The Hall–Kier alpha value is -1.94. The lowest BCUT2D eigenvalue weighted by molar-refractivity contribution is 0.335. The Morgan fingerprint density at radius 2 is 2.36 bits per heavy atom. The predicted octanol–water partition coefficient (Wildman–Crippen LogP) is 3.11. The molecule has 0 aliphatic heterocycles. The Balaban J connectivity index is 2.68. The molecular formula is C13H12O. The molecule has 14 heavy (non-hydrogen) atoms. The molecule has 1 heteroatoms. The molecule has 0 radical (unpaired) electrons. The van der Waals surface area contributed by atoms with E-state index in [1.807, 2.05) is 12.2 Å². The highest BCUT2D eigenvalue weighted by Crippen LogP contribution is 2.11. The van der Waals surface area contributed by atoms with Crippen LogP contribution in [-0.4, -0.2) is 0 Å². The summed E-state index contributed by atoms with van der Waals surface area (Å²) in [6.45, 7) is 7.24. The van der Waals surface area contributed by atoms with Gasteiger partial charge in [-0.3, -0.25) is 0 Å². The van der Waals surface area contributed by atoms with Gasteiger partial charge in [-0.05, 0) is 30.4 Å². The van der Waals surface area contributed by atoms with Crippen LogP contribution in [0.5, 0.6) is 0 Å². The molecule has 0 aromatic rings. The summed E-state index contributed by atoms with van der Waals surface area (Å²) in [5.41, 5.74) is 0. The lowest BCUT2D eigenvalue weighted by atomic mass is 10.3. The van der Waals surface area contributed by atoms with Gasteiger partial charge in [0.15, 0.2) is 0 Å². The van der Waals surface area contributed by atoms with Gasteiger partial charge >= 0.3 is 0 Å². The predicted molar refractivity (Wildman–Crippen MR) is 59.2 cm³/mol. The van der Waals surface area contributed by atoms with Gasteiger partial charge in [-0.15, -0.1) is 0 Å². The van der Waals surface area contributed by atoms with E-state index in [2.05, 4.69) is 25.0 Å². The fourth-order valence-electron chi connectivity index (χ4n) is 0.933. The standard InChI is InChI=1S/C13H12O/c1-3-9-12(4-2)14-13-10-7-5-6-8-11-13/h3-4,7,9-11H,1-2,8H2/b12-9+.